The van der Waals surface area contributed by atoms with Crippen molar-refractivity contribution >= 4 is 5.91 Å². The minimum atomic E-state index is 0.0570. The number of carbonyl (C=O) groups is 1. The molecule has 1 amide bonds. The first-order chi connectivity index (χ1) is 14.7. The Morgan fingerprint density at radius 2 is 1.83 bits per heavy atom. The lowest BCUT2D eigenvalue weighted by molar-refractivity contribution is 0.0553. The smallest absolute Gasteiger partial charge is 0.272 e. The molecule has 30 heavy (non-hydrogen) atoms. The Balaban J connectivity index is 1.34. The molecule has 2 aromatic rings. The Kier molecular flexibility index (Phi) is 5.57. The molecule has 0 bridgehead atoms. The van der Waals surface area contributed by atoms with Gasteiger partial charge >= 0.3 is 0 Å². The maximum absolute atomic E-state index is 13.2. The highest BCUT2D eigenvalue weighted by atomic mass is 16.2. The topological polar surface area (TPSA) is 48.5 Å². The second kappa shape index (κ2) is 8.48. The molecule has 1 spiro atoms. The molecule has 0 radical (unpaired) electrons. The Bertz CT molecular complexity index is 870. The van der Waals surface area contributed by atoms with Crippen molar-refractivity contribution in [2.75, 3.05) is 39.3 Å². The second-order valence-electron chi connectivity index (χ2n) is 9.31. The van der Waals surface area contributed by atoms with Crippen molar-refractivity contribution in [3.63, 3.8) is 0 Å². The summed E-state index contributed by atoms with van der Waals surface area (Å²) in [6.07, 6.45) is 6.57. The van der Waals surface area contributed by atoms with E-state index >= 15 is 0 Å². The second-order valence-corrected chi connectivity index (χ2v) is 9.31. The summed E-state index contributed by atoms with van der Waals surface area (Å²) in [6, 6.07) is 14.4. The van der Waals surface area contributed by atoms with E-state index in [1.807, 2.05) is 23.1 Å². The average Bonchev–Trinajstić information content (AvgIpc) is 2.81. The Hall–Kier alpha value is -2.24. The number of aromatic nitrogens is 1. The summed E-state index contributed by atoms with van der Waals surface area (Å²) in [7, 11) is 0. The van der Waals surface area contributed by atoms with E-state index in [0.29, 0.717) is 12.2 Å². The van der Waals surface area contributed by atoms with Crippen LogP contribution in [-0.4, -0.2) is 60.0 Å². The fraction of sp³-hybridized carbons (Fsp3) is 0.520. The molecule has 3 aliphatic heterocycles. The summed E-state index contributed by atoms with van der Waals surface area (Å²) in [5, 5.41) is 3.48. The van der Waals surface area contributed by atoms with Crippen LogP contribution in [0.15, 0.2) is 48.7 Å². The van der Waals surface area contributed by atoms with Gasteiger partial charge in [0.15, 0.2) is 0 Å². The molecule has 2 saturated heterocycles. The average molecular weight is 405 g/mol. The summed E-state index contributed by atoms with van der Waals surface area (Å²) < 4.78 is 0. The number of carbonyl (C=O) groups excluding carboxylic acids is 1. The molecule has 1 N–H and O–H groups in total. The molecule has 5 nitrogen and oxygen atoms in total. The van der Waals surface area contributed by atoms with Crippen LogP contribution in [0.3, 0.4) is 0 Å². The molecule has 0 aliphatic carbocycles. The molecule has 5 rings (SSSR count). The molecule has 1 aromatic heterocycles. The van der Waals surface area contributed by atoms with Crippen molar-refractivity contribution in [2.24, 2.45) is 5.92 Å². The van der Waals surface area contributed by atoms with Gasteiger partial charge in [0.2, 0.25) is 0 Å². The molecule has 3 aliphatic rings. The van der Waals surface area contributed by atoms with Crippen LogP contribution in [0.4, 0.5) is 0 Å². The van der Waals surface area contributed by atoms with Crippen molar-refractivity contribution in [3.05, 3.63) is 65.5 Å². The summed E-state index contributed by atoms with van der Waals surface area (Å²) in [6.45, 7) is 7.32. The Morgan fingerprint density at radius 3 is 2.60 bits per heavy atom. The van der Waals surface area contributed by atoms with Crippen LogP contribution in [0.1, 0.15) is 47.3 Å². The van der Waals surface area contributed by atoms with Gasteiger partial charge in [0.1, 0.15) is 5.69 Å². The summed E-state index contributed by atoms with van der Waals surface area (Å²) in [4.78, 5) is 22.2. The highest BCUT2D eigenvalue weighted by molar-refractivity contribution is 5.92. The van der Waals surface area contributed by atoms with E-state index in [9.17, 15) is 4.79 Å². The predicted octanol–water partition coefficient (Wildman–Crippen LogP) is 3.07. The summed E-state index contributed by atoms with van der Waals surface area (Å²) in [5.74, 6) is 0.891. The van der Waals surface area contributed by atoms with E-state index in [1.54, 1.807) is 6.20 Å². The number of piperidine rings is 2. The fourth-order valence-electron chi connectivity index (χ4n) is 5.70. The third kappa shape index (κ3) is 3.88. The molecule has 158 valence electrons. The highest BCUT2D eigenvalue weighted by Gasteiger charge is 2.43. The van der Waals surface area contributed by atoms with Gasteiger partial charge in [-0.3, -0.25) is 9.78 Å². The van der Waals surface area contributed by atoms with Crippen molar-refractivity contribution in [1.29, 1.82) is 0 Å². The molecular weight excluding hydrogens is 372 g/mol. The molecular formula is C25H32N4O. The number of hydrogen-bond acceptors (Lipinski definition) is 4. The first-order valence-corrected chi connectivity index (χ1v) is 11.5. The van der Waals surface area contributed by atoms with E-state index in [-0.39, 0.29) is 11.3 Å². The van der Waals surface area contributed by atoms with Crippen LogP contribution in [0.5, 0.6) is 0 Å². The number of hydrogen-bond donors (Lipinski definition) is 1. The van der Waals surface area contributed by atoms with Gasteiger partial charge in [0.05, 0.1) is 0 Å². The van der Waals surface area contributed by atoms with Gasteiger partial charge in [-0.1, -0.05) is 30.3 Å². The van der Waals surface area contributed by atoms with Crippen LogP contribution in [0.25, 0.3) is 0 Å². The maximum Gasteiger partial charge on any atom is 0.272 e. The third-order valence-corrected chi connectivity index (χ3v) is 7.40. The van der Waals surface area contributed by atoms with Crippen LogP contribution in [-0.2, 0) is 12.0 Å². The zero-order valence-corrected chi connectivity index (χ0v) is 17.7. The summed E-state index contributed by atoms with van der Waals surface area (Å²) >= 11 is 0. The van der Waals surface area contributed by atoms with Gasteiger partial charge in [-0.25, -0.2) is 0 Å². The zero-order chi connectivity index (χ0) is 20.4. The Morgan fingerprint density at radius 1 is 1.07 bits per heavy atom. The monoisotopic (exact) mass is 404 g/mol. The van der Waals surface area contributed by atoms with Crippen molar-refractivity contribution in [1.82, 2.24) is 20.1 Å². The van der Waals surface area contributed by atoms with Crippen molar-refractivity contribution < 1.29 is 4.79 Å². The minimum Gasteiger partial charge on any atom is -0.332 e. The molecule has 4 heterocycles. The molecule has 2 fully saturated rings. The van der Waals surface area contributed by atoms with Gasteiger partial charge in [0.25, 0.3) is 5.91 Å². The van der Waals surface area contributed by atoms with Gasteiger partial charge in [-0.15, -0.1) is 0 Å². The SMILES string of the molecule is O=C(c1ccccn1)N1Cc2ccccc2C2(CCN(CC3CCNCC3)CC2)C1. The molecule has 0 unspecified atom stereocenters. The number of fused-ring (bicyclic) bond motifs is 2. The molecule has 5 heteroatoms. The number of nitrogens with one attached hydrogen (secondary N) is 1. The van der Waals surface area contributed by atoms with E-state index in [4.69, 9.17) is 0 Å². The summed E-state index contributed by atoms with van der Waals surface area (Å²) in [5.41, 5.74) is 3.40. The molecule has 1 aromatic carbocycles. The Labute approximate surface area is 179 Å². The lowest BCUT2D eigenvalue weighted by Crippen LogP contribution is -2.54. The lowest BCUT2D eigenvalue weighted by atomic mass is 9.68. The lowest BCUT2D eigenvalue weighted by Gasteiger charge is -2.49. The van der Waals surface area contributed by atoms with Crippen molar-refractivity contribution in [3.8, 4) is 0 Å². The van der Waals surface area contributed by atoms with E-state index in [1.165, 1.54) is 43.6 Å². The van der Waals surface area contributed by atoms with Crippen LogP contribution >= 0.6 is 0 Å². The maximum atomic E-state index is 13.2. The first kappa shape index (κ1) is 19.7. The van der Waals surface area contributed by atoms with Crippen LogP contribution < -0.4 is 5.32 Å². The van der Waals surface area contributed by atoms with E-state index in [2.05, 4.69) is 39.5 Å². The zero-order valence-electron chi connectivity index (χ0n) is 17.7. The molecule has 0 atom stereocenters. The number of rotatable bonds is 3. The number of nitrogens with zero attached hydrogens (tertiary/aromatic N) is 3. The van der Waals surface area contributed by atoms with Gasteiger partial charge in [0, 0.05) is 31.2 Å². The van der Waals surface area contributed by atoms with Crippen LogP contribution in [0, 0.1) is 5.92 Å². The number of amides is 1. The number of likely N-dealkylation sites (tertiary alicyclic amines) is 1. The van der Waals surface area contributed by atoms with Crippen molar-refractivity contribution in [2.45, 2.75) is 37.6 Å². The van der Waals surface area contributed by atoms with Gasteiger partial charge < -0.3 is 15.1 Å². The quantitative estimate of drug-likeness (QED) is 0.854. The minimum absolute atomic E-state index is 0.0570. The third-order valence-electron chi connectivity index (χ3n) is 7.40. The number of pyridine rings is 1. The number of benzene rings is 1. The first-order valence-electron chi connectivity index (χ1n) is 11.5. The molecule has 0 saturated carbocycles. The standard InChI is InChI=1S/C25H32N4O/c30-24(23-7-3-4-12-27-23)29-18-21-5-1-2-6-22(21)25(19-29)10-15-28(16-11-25)17-20-8-13-26-14-9-20/h1-7,12,20,26H,8-11,13-19H2. The highest BCUT2D eigenvalue weighted by Crippen LogP contribution is 2.42. The van der Waals surface area contributed by atoms with Crippen LogP contribution in [0.2, 0.25) is 0 Å². The largest absolute Gasteiger partial charge is 0.332 e. The van der Waals surface area contributed by atoms with E-state index < -0.39 is 0 Å². The normalized spacial score (nSPS) is 22.1. The van der Waals surface area contributed by atoms with E-state index in [0.717, 1.165) is 38.4 Å². The predicted molar refractivity (Wildman–Crippen MR) is 118 cm³/mol. The fourth-order valence-corrected chi connectivity index (χ4v) is 5.70. The van der Waals surface area contributed by atoms with Gasteiger partial charge in [-0.05, 0) is 81.0 Å². The van der Waals surface area contributed by atoms with Gasteiger partial charge in [-0.2, -0.15) is 0 Å².